The van der Waals surface area contributed by atoms with Gasteiger partial charge in [0.05, 0.1) is 12.0 Å². The number of sulfonamides is 1. The van der Waals surface area contributed by atoms with Gasteiger partial charge in [0.15, 0.2) is 0 Å². The van der Waals surface area contributed by atoms with Crippen LogP contribution in [0.1, 0.15) is 15.9 Å². The van der Waals surface area contributed by atoms with Crippen molar-refractivity contribution in [2.24, 2.45) is 0 Å². The van der Waals surface area contributed by atoms with Gasteiger partial charge in [0, 0.05) is 26.1 Å². The van der Waals surface area contributed by atoms with Crippen LogP contribution in [0.15, 0.2) is 59.5 Å². The van der Waals surface area contributed by atoms with E-state index in [0.717, 1.165) is 9.87 Å². The van der Waals surface area contributed by atoms with Crippen molar-refractivity contribution in [3.8, 4) is 0 Å². The number of benzene rings is 2. The van der Waals surface area contributed by atoms with E-state index in [1.54, 1.807) is 0 Å². The summed E-state index contributed by atoms with van der Waals surface area (Å²) in [6, 6.07) is 13.9. The van der Waals surface area contributed by atoms with Crippen molar-refractivity contribution in [3.63, 3.8) is 0 Å². The Kier molecular flexibility index (Phi) is 6.70. The summed E-state index contributed by atoms with van der Waals surface area (Å²) < 4.78 is 30.0. The highest BCUT2D eigenvalue weighted by Gasteiger charge is 2.23. The molecule has 0 saturated heterocycles. The molecular formula is C19H22N2O5S. The standard InChI is InChI=1S/C19H22N2O5S/c1-21(2)27(24,25)16-11-9-15(10-12-16)18(22)20-17(19(23)26-3)13-14-7-5-4-6-8-14/h4-12,17H,13H2,1-3H3,(H,20,22)/t17-/m1/s1. The van der Waals surface area contributed by atoms with Gasteiger partial charge in [-0.05, 0) is 29.8 Å². The fourth-order valence-electron chi connectivity index (χ4n) is 2.42. The molecule has 0 aliphatic rings. The molecule has 1 atom stereocenters. The zero-order valence-corrected chi connectivity index (χ0v) is 16.2. The Morgan fingerprint density at radius 2 is 1.63 bits per heavy atom. The molecule has 0 heterocycles. The normalized spacial score (nSPS) is 12.4. The van der Waals surface area contributed by atoms with Gasteiger partial charge in [0.25, 0.3) is 5.91 Å². The van der Waals surface area contributed by atoms with Gasteiger partial charge < -0.3 is 10.1 Å². The number of nitrogens with one attached hydrogen (secondary N) is 1. The lowest BCUT2D eigenvalue weighted by Gasteiger charge is -2.17. The molecule has 1 N–H and O–H groups in total. The van der Waals surface area contributed by atoms with E-state index in [-0.39, 0.29) is 16.9 Å². The average Bonchev–Trinajstić information content (AvgIpc) is 2.67. The largest absolute Gasteiger partial charge is 0.467 e. The minimum Gasteiger partial charge on any atom is -0.467 e. The molecule has 0 unspecified atom stereocenters. The average molecular weight is 390 g/mol. The van der Waals surface area contributed by atoms with Gasteiger partial charge in [-0.3, -0.25) is 4.79 Å². The minimum atomic E-state index is -3.57. The van der Waals surface area contributed by atoms with Crippen molar-refractivity contribution >= 4 is 21.9 Å². The van der Waals surface area contributed by atoms with Gasteiger partial charge >= 0.3 is 5.97 Å². The maximum Gasteiger partial charge on any atom is 0.328 e. The number of hydrogen-bond acceptors (Lipinski definition) is 5. The quantitative estimate of drug-likeness (QED) is 0.723. The predicted octanol–water partition coefficient (Wildman–Crippen LogP) is 1.45. The van der Waals surface area contributed by atoms with E-state index in [2.05, 4.69) is 5.32 Å². The number of nitrogens with zero attached hydrogens (tertiary/aromatic N) is 1. The van der Waals surface area contributed by atoms with Crippen molar-refractivity contribution in [2.45, 2.75) is 17.4 Å². The maximum absolute atomic E-state index is 12.5. The van der Waals surface area contributed by atoms with Crippen molar-refractivity contribution < 1.29 is 22.7 Å². The van der Waals surface area contributed by atoms with Gasteiger partial charge in [-0.2, -0.15) is 0 Å². The van der Waals surface area contributed by atoms with E-state index < -0.39 is 27.9 Å². The van der Waals surface area contributed by atoms with Crippen molar-refractivity contribution in [1.29, 1.82) is 0 Å². The summed E-state index contributed by atoms with van der Waals surface area (Å²) >= 11 is 0. The molecule has 0 saturated carbocycles. The molecule has 0 radical (unpaired) electrons. The van der Waals surface area contributed by atoms with Gasteiger partial charge in [-0.15, -0.1) is 0 Å². The van der Waals surface area contributed by atoms with Gasteiger partial charge in [-0.25, -0.2) is 17.5 Å². The lowest BCUT2D eigenvalue weighted by molar-refractivity contribution is -0.142. The molecule has 7 nitrogen and oxygen atoms in total. The summed E-state index contributed by atoms with van der Waals surface area (Å²) in [6.45, 7) is 0. The summed E-state index contributed by atoms with van der Waals surface area (Å²) in [5.74, 6) is -1.05. The summed E-state index contributed by atoms with van der Waals surface area (Å²) in [4.78, 5) is 24.6. The molecule has 0 bridgehead atoms. The Bertz CT molecular complexity index is 893. The molecule has 2 aromatic carbocycles. The molecule has 0 aliphatic carbocycles. The van der Waals surface area contributed by atoms with Crippen LogP contribution in [0, 0.1) is 0 Å². The molecule has 1 amide bonds. The molecule has 8 heteroatoms. The number of ether oxygens (including phenoxy) is 1. The second-order valence-electron chi connectivity index (χ2n) is 6.05. The molecule has 2 rings (SSSR count). The molecule has 27 heavy (non-hydrogen) atoms. The van der Waals surface area contributed by atoms with Crippen molar-refractivity contribution in [1.82, 2.24) is 9.62 Å². The van der Waals surface area contributed by atoms with Crippen molar-refractivity contribution in [2.75, 3.05) is 21.2 Å². The lowest BCUT2D eigenvalue weighted by atomic mass is 10.1. The summed E-state index contributed by atoms with van der Waals surface area (Å²) in [5.41, 5.74) is 1.12. The second kappa shape index (κ2) is 8.79. The first-order chi connectivity index (χ1) is 12.8. The SMILES string of the molecule is COC(=O)[C@@H](Cc1ccccc1)NC(=O)c1ccc(S(=O)(=O)N(C)C)cc1. The molecule has 0 fully saturated rings. The van der Waals surface area contributed by atoms with E-state index in [1.165, 1.54) is 45.5 Å². The summed E-state index contributed by atoms with van der Waals surface area (Å²) in [7, 11) is 0.546. The number of carbonyl (C=O) groups excluding carboxylic acids is 2. The zero-order valence-electron chi connectivity index (χ0n) is 15.4. The smallest absolute Gasteiger partial charge is 0.328 e. The molecule has 0 aliphatic heterocycles. The first-order valence-electron chi connectivity index (χ1n) is 8.21. The molecule has 0 spiro atoms. The first-order valence-corrected chi connectivity index (χ1v) is 9.65. The third kappa shape index (κ3) is 5.15. The monoisotopic (exact) mass is 390 g/mol. The Morgan fingerprint density at radius 3 is 2.15 bits per heavy atom. The Hall–Kier alpha value is -2.71. The number of esters is 1. The Labute approximate surface area is 159 Å². The Morgan fingerprint density at radius 1 is 1.04 bits per heavy atom. The van der Waals surface area contributed by atoms with Crippen LogP contribution in [0.5, 0.6) is 0 Å². The molecule has 0 aromatic heterocycles. The van der Waals surface area contributed by atoms with E-state index in [4.69, 9.17) is 4.74 Å². The van der Waals surface area contributed by atoms with Crippen LogP contribution in [0.4, 0.5) is 0 Å². The van der Waals surface area contributed by atoms with Gasteiger partial charge in [0.2, 0.25) is 10.0 Å². The third-order valence-electron chi connectivity index (χ3n) is 3.97. The molecule has 2 aromatic rings. The van der Waals surface area contributed by atoms with Crippen LogP contribution in [-0.4, -0.2) is 51.8 Å². The van der Waals surface area contributed by atoms with Crippen LogP contribution >= 0.6 is 0 Å². The van der Waals surface area contributed by atoms with E-state index in [1.807, 2.05) is 30.3 Å². The number of hydrogen-bond donors (Lipinski definition) is 1. The zero-order chi connectivity index (χ0) is 20.0. The van der Waals surface area contributed by atoms with Crippen LogP contribution < -0.4 is 5.32 Å². The Balaban J connectivity index is 2.16. The van der Waals surface area contributed by atoms with Gasteiger partial charge in [0.1, 0.15) is 6.04 Å². The molecule has 144 valence electrons. The fourth-order valence-corrected chi connectivity index (χ4v) is 3.32. The van der Waals surface area contributed by atoms with E-state index >= 15 is 0 Å². The highest BCUT2D eigenvalue weighted by Crippen LogP contribution is 2.14. The topological polar surface area (TPSA) is 92.8 Å². The maximum atomic E-state index is 12.5. The van der Waals surface area contributed by atoms with Crippen LogP contribution in [0.2, 0.25) is 0 Å². The lowest BCUT2D eigenvalue weighted by Crippen LogP contribution is -2.43. The highest BCUT2D eigenvalue weighted by molar-refractivity contribution is 7.89. The highest BCUT2D eigenvalue weighted by atomic mass is 32.2. The number of carbonyl (C=O) groups is 2. The van der Waals surface area contributed by atoms with Crippen LogP contribution in [0.3, 0.4) is 0 Å². The van der Waals surface area contributed by atoms with Gasteiger partial charge in [-0.1, -0.05) is 30.3 Å². The van der Waals surface area contributed by atoms with Crippen molar-refractivity contribution in [3.05, 3.63) is 65.7 Å². The predicted molar refractivity (Wildman–Crippen MR) is 101 cm³/mol. The minimum absolute atomic E-state index is 0.0813. The first kappa shape index (κ1) is 20.6. The van der Waals surface area contributed by atoms with Crippen LogP contribution in [0.25, 0.3) is 0 Å². The van der Waals surface area contributed by atoms with E-state index in [0.29, 0.717) is 0 Å². The summed E-state index contributed by atoms with van der Waals surface area (Å²) in [5, 5.41) is 2.64. The number of amides is 1. The third-order valence-corrected chi connectivity index (χ3v) is 5.80. The second-order valence-corrected chi connectivity index (χ2v) is 8.20. The fraction of sp³-hybridized carbons (Fsp3) is 0.263. The summed E-state index contributed by atoms with van der Waals surface area (Å²) in [6.07, 6.45) is 0.284. The molecular weight excluding hydrogens is 368 g/mol. The van der Waals surface area contributed by atoms with E-state index in [9.17, 15) is 18.0 Å². The van der Waals surface area contributed by atoms with Crippen LogP contribution in [-0.2, 0) is 26.0 Å². The number of rotatable bonds is 7. The number of methoxy groups -OCH3 is 1.